The Morgan fingerprint density at radius 1 is 1.06 bits per heavy atom. The van der Waals surface area contributed by atoms with Crippen molar-refractivity contribution in [3.8, 4) is 17.2 Å². The first-order valence-corrected chi connectivity index (χ1v) is 19.7. The van der Waals surface area contributed by atoms with E-state index in [2.05, 4.69) is 25.6 Å². The van der Waals surface area contributed by atoms with Gasteiger partial charge in [0.25, 0.3) is 0 Å². The number of amides is 1. The Balaban J connectivity index is 1.57. The lowest BCUT2D eigenvalue weighted by Crippen LogP contribution is -2.70. The van der Waals surface area contributed by atoms with Crippen molar-refractivity contribution in [2.45, 2.75) is 95.8 Å². The maximum atomic E-state index is 14.2. The maximum absolute atomic E-state index is 14.2. The molecule has 0 spiro atoms. The average molecular weight is 729 g/mol. The molecular weight excluding hydrogens is 672 g/mol. The minimum absolute atomic E-state index is 0.000173. The fourth-order valence-corrected chi connectivity index (χ4v) is 8.87. The number of rotatable bonds is 20. The standard InChI is InChI=1S/C43H56N2O8/c1-4-20-45(42(49)30-16-17-30)39-27-37(44-51-6-3)35-25-31(13-7-9-21-46)34(15-8-10-22-47)40-36-26-33(52-32-14-11-12-29(24-32)28-48)18-19-38(36)53-43(39,41(35)40)50-23-5-2/h5,11-12,14,18-19,24-26,28,30-31,34,39-41,46-47H,2,4,6-10,13,15-17,20-23,27H2,1,3H3. The predicted octanol–water partition coefficient (Wildman–Crippen LogP) is 7.59. The number of aldehydes is 1. The summed E-state index contributed by atoms with van der Waals surface area (Å²) < 4.78 is 20.7. The van der Waals surface area contributed by atoms with Crippen LogP contribution in [-0.2, 0) is 14.4 Å². The molecule has 2 aromatic carbocycles. The number of unbranched alkanes of at least 4 members (excludes halogenated alkanes) is 2. The van der Waals surface area contributed by atoms with Crippen molar-refractivity contribution in [2.24, 2.45) is 28.8 Å². The molecule has 10 heteroatoms. The largest absolute Gasteiger partial charge is 0.459 e. The monoisotopic (exact) mass is 728 g/mol. The number of ether oxygens (including phenoxy) is 3. The smallest absolute Gasteiger partial charge is 0.239 e. The van der Waals surface area contributed by atoms with E-state index in [1.165, 1.54) is 0 Å². The summed E-state index contributed by atoms with van der Waals surface area (Å²) in [6.07, 6.45) is 12.7. The van der Waals surface area contributed by atoms with E-state index >= 15 is 0 Å². The Hall–Kier alpha value is -3.99. The van der Waals surface area contributed by atoms with Gasteiger partial charge in [-0.1, -0.05) is 49.2 Å². The molecule has 0 aromatic heterocycles. The number of oxime groups is 1. The van der Waals surface area contributed by atoms with Crippen LogP contribution < -0.4 is 9.47 Å². The zero-order chi connectivity index (χ0) is 37.4. The van der Waals surface area contributed by atoms with Gasteiger partial charge in [-0.2, -0.15) is 0 Å². The van der Waals surface area contributed by atoms with Gasteiger partial charge in [-0.25, -0.2) is 0 Å². The number of carbonyl (C=O) groups excluding carboxylic acids is 2. The van der Waals surface area contributed by atoms with Gasteiger partial charge in [-0.15, -0.1) is 6.58 Å². The summed E-state index contributed by atoms with van der Waals surface area (Å²) >= 11 is 0. The molecule has 0 radical (unpaired) electrons. The topological polar surface area (TPSA) is 127 Å². The van der Waals surface area contributed by atoms with Crippen LogP contribution in [0.15, 0.2) is 71.9 Å². The van der Waals surface area contributed by atoms with Gasteiger partial charge in [-0.3, -0.25) is 9.59 Å². The number of hydrogen-bond acceptors (Lipinski definition) is 9. The lowest BCUT2D eigenvalue weighted by Gasteiger charge is -2.60. The van der Waals surface area contributed by atoms with Crippen LogP contribution >= 0.6 is 0 Å². The summed E-state index contributed by atoms with van der Waals surface area (Å²) in [4.78, 5) is 33.6. The Morgan fingerprint density at radius 3 is 2.53 bits per heavy atom. The second-order valence-corrected chi connectivity index (χ2v) is 14.8. The van der Waals surface area contributed by atoms with Crippen LogP contribution in [0.5, 0.6) is 17.2 Å². The quantitative estimate of drug-likeness (QED) is 0.0618. The molecule has 3 aliphatic carbocycles. The van der Waals surface area contributed by atoms with Gasteiger partial charge >= 0.3 is 0 Å². The molecule has 2 fully saturated rings. The van der Waals surface area contributed by atoms with Crippen LogP contribution in [0.25, 0.3) is 0 Å². The minimum atomic E-state index is -1.26. The minimum Gasteiger partial charge on any atom is -0.459 e. The third-order valence-electron chi connectivity index (χ3n) is 11.2. The molecule has 2 aromatic rings. The Morgan fingerprint density at radius 2 is 1.83 bits per heavy atom. The molecule has 10 nitrogen and oxygen atoms in total. The first kappa shape index (κ1) is 38.7. The highest BCUT2D eigenvalue weighted by molar-refractivity contribution is 6.03. The van der Waals surface area contributed by atoms with Gasteiger partial charge in [-0.05, 0) is 99.6 Å². The SMILES string of the molecule is C=CCOC12Oc3ccc(Oc4cccc(C=O)c4)cc3C3C(CCCCO)C(CCCCO)C=C(C(=NOCC)CC1N(CCC)C(=O)C1CC1)C32. The summed E-state index contributed by atoms with van der Waals surface area (Å²) in [6.45, 7) is 9.46. The summed E-state index contributed by atoms with van der Waals surface area (Å²) in [5.41, 5.74) is 3.33. The van der Waals surface area contributed by atoms with E-state index in [-0.39, 0.29) is 55.3 Å². The molecule has 286 valence electrons. The first-order chi connectivity index (χ1) is 25.9. The zero-order valence-electron chi connectivity index (χ0n) is 31.3. The van der Waals surface area contributed by atoms with E-state index in [1.807, 2.05) is 30.0 Å². The number of fused-ring (bicyclic) bond motifs is 2. The Labute approximate surface area is 313 Å². The normalized spacial score (nSPS) is 26.5. The van der Waals surface area contributed by atoms with Gasteiger partial charge in [0.1, 0.15) is 36.2 Å². The van der Waals surface area contributed by atoms with Crippen molar-refractivity contribution in [3.63, 3.8) is 0 Å². The molecule has 4 aliphatic rings. The van der Waals surface area contributed by atoms with Gasteiger partial charge in [0.05, 0.1) is 18.2 Å². The van der Waals surface area contributed by atoms with Crippen molar-refractivity contribution >= 4 is 17.9 Å². The zero-order valence-corrected chi connectivity index (χ0v) is 31.3. The number of aliphatic hydroxyl groups is 2. The predicted molar refractivity (Wildman–Crippen MR) is 203 cm³/mol. The van der Waals surface area contributed by atoms with Crippen LogP contribution in [-0.4, -0.2) is 77.8 Å². The Bertz CT molecular complexity index is 1650. The summed E-state index contributed by atoms with van der Waals surface area (Å²) in [6, 6.07) is 12.5. The van der Waals surface area contributed by atoms with Crippen LogP contribution in [0.3, 0.4) is 0 Å². The summed E-state index contributed by atoms with van der Waals surface area (Å²) in [5, 5.41) is 24.4. The van der Waals surface area contributed by atoms with Crippen LogP contribution in [0.4, 0.5) is 0 Å². The molecule has 6 rings (SSSR count). The molecule has 1 aliphatic heterocycles. The summed E-state index contributed by atoms with van der Waals surface area (Å²) in [7, 11) is 0. The number of hydrogen-bond donors (Lipinski definition) is 2. The molecule has 6 unspecified atom stereocenters. The number of carbonyl (C=O) groups is 2. The van der Waals surface area contributed by atoms with E-state index < -0.39 is 11.8 Å². The van der Waals surface area contributed by atoms with Crippen molar-refractivity contribution in [1.29, 1.82) is 0 Å². The average Bonchev–Trinajstić information content (AvgIpc) is 4.03. The third kappa shape index (κ3) is 8.25. The van der Waals surface area contributed by atoms with Crippen LogP contribution in [0, 0.1) is 23.7 Å². The fraction of sp³-hybridized carbons (Fsp3) is 0.558. The Kier molecular flexibility index (Phi) is 13.1. The van der Waals surface area contributed by atoms with Crippen LogP contribution in [0.2, 0.25) is 0 Å². The van der Waals surface area contributed by atoms with E-state index in [0.29, 0.717) is 55.2 Å². The molecule has 1 heterocycles. The summed E-state index contributed by atoms with van der Waals surface area (Å²) in [5.74, 6) is 0.473. The fourth-order valence-electron chi connectivity index (χ4n) is 8.87. The van der Waals surface area contributed by atoms with Crippen molar-refractivity contribution < 1.29 is 38.9 Å². The van der Waals surface area contributed by atoms with Gasteiger partial charge in [0.15, 0.2) is 0 Å². The molecule has 1 amide bonds. The van der Waals surface area contributed by atoms with E-state index in [4.69, 9.17) is 24.2 Å². The molecule has 2 N–H and O–H groups in total. The molecular formula is C43H56N2O8. The van der Waals surface area contributed by atoms with Gasteiger partial charge in [0, 0.05) is 49.1 Å². The third-order valence-corrected chi connectivity index (χ3v) is 11.2. The lowest BCUT2D eigenvalue weighted by atomic mass is 9.55. The van der Waals surface area contributed by atoms with E-state index in [0.717, 1.165) is 68.1 Å². The highest BCUT2D eigenvalue weighted by Crippen LogP contribution is 2.62. The highest BCUT2D eigenvalue weighted by Gasteiger charge is 2.65. The van der Waals surface area contributed by atoms with Crippen molar-refractivity contribution in [1.82, 2.24) is 4.90 Å². The second kappa shape index (κ2) is 17.9. The second-order valence-electron chi connectivity index (χ2n) is 14.8. The molecule has 2 saturated carbocycles. The first-order valence-electron chi connectivity index (χ1n) is 19.7. The van der Waals surface area contributed by atoms with Crippen molar-refractivity contribution in [2.75, 3.05) is 33.0 Å². The van der Waals surface area contributed by atoms with Crippen LogP contribution in [0.1, 0.15) is 99.9 Å². The number of allylic oxidation sites excluding steroid dienone is 1. The number of nitrogens with zero attached hydrogens (tertiary/aromatic N) is 2. The molecule has 0 bridgehead atoms. The molecule has 53 heavy (non-hydrogen) atoms. The molecule has 6 atom stereocenters. The maximum Gasteiger partial charge on any atom is 0.239 e. The van der Waals surface area contributed by atoms with Crippen molar-refractivity contribution in [3.05, 3.63) is 77.9 Å². The number of benzene rings is 2. The molecule has 0 saturated heterocycles. The lowest BCUT2D eigenvalue weighted by molar-refractivity contribution is -0.257. The number of aliphatic hydroxyl groups excluding tert-OH is 2. The van der Waals surface area contributed by atoms with Gasteiger partial charge < -0.3 is 34.2 Å². The van der Waals surface area contributed by atoms with E-state index in [1.54, 1.807) is 24.3 Å². The highest BCUT2D eigenvalue weighted by atomic mass is 16.7. The van der Waals surface area contributed by atoms with E-state index in [9.17, 15) is 19.8 Å². The van der Waals surface area contributed by atoms with Gasteiger partial charge in [0.2, 0.25) is 11.7 Å².